The molecule has 1 aliphatic rings. The van der Waals surface area contributed by atoms with Crippen molar-refractivity contribution in [3.05, 3.63) is 30.1 Å². The third kappa shape index (κ3) is 3.20. The van der Waals surface area contributed by atoms with Crippen LogP contribution in [0.2, 0.25) is 0 Å². The van der Waals surface area contributed by atoms with Crippen LogP contribution in [-0.2, 0) is 10.2 Å². The number of rotatable bonds is 2. The monoisotopic (exact) mass is 345 g/mol. The van der Waals surface area contributed by atoms with Gasteiger partial charge >= 0.3 is 6.09 Å². The van der Waals surface area contributed by atoms with Crippen molar-refractivity contribution in [3.8, 4) is 0 Å². The Morgan fingerprint density at radius 2 is 2.00 bits per heavy atom. The van der Waals surface area contributed by atoms with Gasteiger partial charge in [-0.25, -0.2) is 14.8 Å². The first-order valence-corrected chi connectivity index (χ1v) is 9.21. The highest BCUT2D eigenvalue weighted by atomic mass is 32.2. The first kappa shape index (κ1) is 17.0. The number of fused-ring (bicyclic) bond motifs is 1. The van der Waals surface area contributed by atoms with Gasteiger partial charge in [-0.3, -0.25) is 0 Å². The number of ether oxygens (including phenoxy) is 1. The molecule has 1 aliphatic heterocycles. The number of hydrogen-bond donors (Lipinski definition) is 0. The molecule has 24 heavy (non-hydrogen) atoms. The molecule has 3 rings (SSSR count). The number of aromatic nitrogens is 2. The summed E-state index contributed by atoms with van der Waals surface area (Å²) in [5.74, 6) is 0. The van der Waals surface area contributed by atoms with Crippen LogP contribution in [0.5, 0.6) is 0 Å². The summed E-state index contributed by atoms with van der Waals surface area (Å²) >= 11 is 1.62. The van der Waals surface area contributed by atoms with Crippen LogP contribution >= 0.6 is 11.8 Å². The summed E-state index contributed by atoms with van der Waals surface area (Å²) in [7, 11) is 0. The van der Waals surface area contributed by atoms with Gasteiger partial charge in [-0.05, 0) is 44.7 Å². The van der Waals surface area contributed by atoms with E-state index in [1.165, 1.54) is 5.56 Å². The largest absolute Gasteiger partial charge is 0.444 e. The van der Waals surface area contributed by atoms with Gasteiger partial charge in [-0.1, -0.05) is 13.0 Å². The molecule has 0 aliphatic carbocycles. The molecule has 0 unspecified atom stereocenters. The SMILES string of the molecule is CSc1ncnc2ccc(C3(C)CN(C(=O)OC(C)(C)C)C3)cc12. The van der Waals surface area contributed by atoms with Crippen molar-refractivity contribution in [1.29, 1.82) is 0 Å². The van der Waals surface area contributed by atoms with E-state index in [0.29, 0.717) is 13.1 Å². The molecular weight excluding hydrogens is 322 g/mol. The fourth-order valence-electron chi connectivity index (χ4n) is 3.01. The van der Waals surface area contributed by atoms with E-state index in [0.717, 1.165) is 15.9 Å². The van der Waals surface area contributed by atoms with Crippen LogP contribution in [0.25, 0.3) is 10.9 Å². The van der Waals surface area contributed by atoms with Crippen LogP contribution in [0.4, 0.5) is 4.79 Å². The zero-order valence-corrected chi connectivity index (χ0v) is 15.6. The molecule has 1 amide bonds. The first-order valence-electron chi connectivity index (χ1n) is 7.99. The number of benzene rings is 1. The molecule has 1 aromatic carbocycles. The molecule has 1 fully saturated rings. The minimum absolute atomic E-state index is 0.0589. The predicted molar refractivity (Wildman–Crippen MR) is 96.5 cm³/mol. The van der Waals surface area contributed by atoms with Crippen molar-refractivity contribution in [2.45, 2.75) is 43.7 Å². The van der Waals surface area contributed by atoms with Crippen LogP contribution in [-0.4, -0.2) is 45.9 Å². The average Bonchev–Trinajstić information content (AvgIpc) is 2.48. The van der Waals surface area contributed by atoms with Gasteiger partial charge in [0.1, 0.15) is 17.0 Å². The molecule has 0 bridgehead atoms. The molecule has 128 valence electrons. The summed E-state index contributed by atoms with van der Waals surface area (Å²) in [5, 5.41) is 2.05. The number of carbonyl (C=O) groups excluding carboxylic acids is 1. The quantitative estimate of drug-likeness (QED) is 0.611. The second-order valence-corrected chi connectivity index (χ2v) is 8.31. The second kappa shape index (κ2) is 5.92. The topological polar surface area (TPSA) is 55.3 Å². The van der Waals surface area contributed by atoms with Crippen molar-refractivity contribution in [1.82, 2.24) is 14.9 Å². The number of likely N-dealkylation sites (tertiary alicyclic amines) is 1. The van der Waals surface area contributed by atoms with Gasteiger partial charge in [0.2, 0.25) is 0 Å². The maximum Gasteiger partial charge on any atom is 0.410 e. The third-order valence-corrected chi connectivity index (χ3v) is 4.93. The molecule has 1 saturated heterocycles. The molecule has 0 N–H and O–H groups in total. The fraction of sp³-hybridized carbons (Fsp3) is 0.500. The van der Waals surface area contributed by atoms with E-state index in [4.69, 9.17) is 4.74 Å². The lowest BCUT2D eigenvalue weighted by Gasteiger charge is -2.48. The lowest BCUT2D eigenvalue weighted by Crippen LogP contribution is -2.60. The van der Waals surface area contributed by atoms with Crippen LogP contribution in [0.15, 0.2) is 29.6 Å². The normalized spacial score (nSPS) is 16.8. The summed E-state index contributed by atoms with van der Waals surface area (Å²) in [4.78, 5) is 22.6. The van der Waals surface area contributed by atoms with Crippen molar-refractivity contribution >= 4 is 28.8 Å². The Hall–Kier alpha value is -1.82. The number of thioether (sulfide) groups is 1. The first-order chi connectivity index (χ1) is 11.2. The summed E-state index contributed by atoms with van der Waals surface area (Å²) in [6.07, 6.45) is 3.38. The molecule has 0 spiro atoms. The maximum absolute atomic E-state index is 12.2. The lowest BCUT2D eigenvalue weighted by molar-refractivity contribution is -0.00648. The molecule has 0 atom stereocenters. The van der Waals surface area contributed by atoms with Crippen molar-refractivity contribution in [3.63, 3.8) is 0 Å². The predicted octanol–water partition coefficient (Wildman–Crippen LogP) is 3.86. The van der Waals surface area contributed by atoms with Crippen LogP contribution in [0.1, 0.15) is 33.3 Å². The Balaban J connectivity index is 1.81. The van der Waals surface area contributed by atoms with Gasteiger partial charge in [0.15, 0.2) is 0 Å². The molecule has 0 radical (unpaired) electrons. The highest BCUT2D eigenvalue weighted by molar-refractivity contribution is 7.98. The minimum Gasteiger partial charge on any atom is -0.444 e. The van der Waals surface area contributed by atoms with Gasteiger partial charge in [0.25, 0.3) is 0 Å². The molecule has 2 aromatic rings. The van der Waals surface area contributed by atoms with E-state index in [1.54, 1.807) is 23.0 Å². The van der Waals surface area contributed by atoms with E-state index in [1.807, 2.05) is 33.1 Å². The standard InChI is InChI=1S/C18H23N3O2S/c1-17(2,3)23-16(22)21-9-18(4,10-21)12-6-7-14-13(8-12)15(24-5)20-11-19-14/h6-8,11H,9-10H2,1-5H3. The number of hydrogen-bond acceptors (Lipinski definition) is 5. The molecule has 2 heterocycles. The lowest BCUT2D eigenvalue weighted by atomic mass is 9.75. The van der Waals surface area contributed by atoms with Gasteiger partial charge in [0.05, 0.1) is 5.52 Å². The van der Waals surface area contributed by atoms with Crippen LogP contribution in [0.3, 0.4) is 0 Å². The van der Waals surface area contributed by atoms with Crippen molar-refractivity contribution < 1.29 is 9.53 Å². The Bertz CT molecular complexity index is 779. The van der Waals surface area contributed by atoms with Crippen molar-refractivity contribution in [2.75, 3.05) is 19.3 Å². The number of carbonyl (C=O) groups is 1. The zero-order chi connectivity index (χ0) is 17.5. The highest BCUT2D eigenvalue weighted by Crippen LogP contribution is 2.37. The van der Waals surface area contributed by atoms with Gasteiger partial charge in [-0.15, -0.1) is 11.8 Å². The van der Waals surface area contributed by atoms with Crippen LogP contribution in [0, 0.1) is 0 Å². The Labute approximate surface area is 146 Å². The van der Waals surface area contributed by atoms with Gasteiger partial charge in [-0.2, -0.15) is 0 Å². The number of nitrogens with zero attached hydrogens (tertiary/aromatic N) is 3. The zero-order valence-electron chi connectivity index (χ0n) is 14.8. The average molecular weight is 345 g/mol. The van der Waals surface area contributed by atoms with Crippen molar-refractivity contribution in [2.24, 2.45) is 0 Å². The Morgan fingerprint density at radius 1 is 1.29 bits per heavy atom. The minimum atomic E-state index is -0.462. The second-order valence-electron chi connectivity index (χ2n) is 7.51. The van der Waals surface area contributed by atoms with E-state index in [-0.39, 0.29) is 11.5 Å². The molecule has 1 aromatic heterocycles. The van der Waals surface area contributed by atoms with E-state index in [2.05, 4.69) is 29.0 Å². The molecular formula is C18H23N3O2S. The van der Waals surface area contributed by atoms with E-state index < -0.39 is 5.60 Å². The number of amides is 1. The van der Waals surface area contributed by atoms with Gasteiger partial charge < -0.3 is 9.64 Å². The Morgan fingerprint density at radius 3 is 2.62 bits per heavy atom. The van der Waals surface area contributed by atoms with E-state index >= 15 is 0 Å². The fourth-order valence-corrected chi connectivity index (χ4v) is 3.54. The smallest absolute Gasteiger partial charge is 0.410 e. The molecule has 6 heteroatoms. The molecule has 5 nitrogen and oxygen atoms in total. The van der Waals surface area contributed by atoms with Crippen LogP contribution < -0.4 is 0 Å². The summed E-state index contributed by atoms with van der Waals surface area (Å²) in [5.41, 5.74) is 1.64. The van der Waals surface area contributed by atoms with Gasteiger partial charge in [0, 0.05) is 23.9 Å². The van der Waals surface area contributed by atoms with E-state index in [9.17, 15) is 4.79 Å². The summed E-state index contributed by atoms with van der Waals surface area (Å²) in [6, 6.07) is 6.30. The summed E-state index contributed by atoms with van der Waals surface area (Å²) < 4.78 is 5.44. The summed E-state index contributed by atoms with van der Waals surface area (Å²) in [6.45, 7) is 9.16. The maximum atomic E-state index is 12.2. The highest BCUT2D eigenvalue weighted by Gasteiger charge is 2.44. The third-order valence-electron chi connectivity index (χ3n) is 4.22. The molecule has 0 saturated carbocycles. The Kier molecular flexibility index (Phi) is 4.20.